The number of fused-ring (bicyclic) bond motifs is 1. The normalized spacial score (nSPS) is 16.6. The van der Waals surface area contributed by atoms with Crippen molar-refractivity contribution in [2.24, 2.45) is 0 Å². The molecule has 3 rings (SSSR count). The summed E-state index contributed by atoms with van der Waals surface area (Å²) in [5.74, 6) is 0.789. The number of esters is 1. The third-order valence-electron chi connectivity index (χ3n) is 3.92. The summed E-state index contributed by atoms with van der Waals surface area (Å²) in [4.78, 5) is 16.7. The number of carbonyl (C=O) groups excluding carboxylic acids is 1. The molecule has 0 saturated heterocycles. The van der Waals surface area contributed by atoms with E-state index in [1.807, 2.05) is 37.3 Å². The second kappa shape index (κ2) is 6.24. The molecule has 1 aliphatic heterocycles. The van der Waals surface area contributed by atoms with Crippen molar-refractivity contribution in [1.29, 1.82) is 0 Å². The van der Waals surface area contributed by atoms with Crippen molar-refractivity contribution in [2.45, 2.75) is 26.7 Å². The Kier molecular flexibility index (Phi) is 4.15. The Labute approximate surface area is 135 Å². The Morgan fingerprint density at radius 3 is 2.83 bits per heavy atom. The molecule has 1 unspecified atom stereocenters. The fraction of sp³-hybridized carbons (Fsp3) is 0.263. The number of aryl methyl sites for hydroxylation is 1. The number of allylic oxidation sites excluding steroid dienone is 1. The monoisotopic (exact) mass is 309 g/mol. The van der Waals surface area contributed by atoms with Crippen molar-refractivity contribution in [1.82, 2.24) is 4.98 Å². The predicted molar refractivity (Wildman–Crippen MR) is 87.2 cm³/mol. The van der Waals surface area contributed by atoms with Crippen molar-refractivity contribution in [3.63, 3.8) is 0 Å². The highest BCUT2D eigenvalue weighted by Crippen LogP contribution is 2.43. The van der Waals surface area contributed by atoms with Gasteiger partial charge in [-0.1, -0.05) is 18.2 Å². The average molecular weight is 309 g/mol. The molecule has 0 amide bonds. The molecule has 1 aromatic heterocycles. The van der Waals surface area contributed by atoms with Crippen LogP contribution in [-0.2, 0) is 9.53 Å². The molecule has 4 heteroatoms. The van der Waals surface area contributed by atoms with Crippen LogP contribution < -0.4 is 4.74 Å². The van der Waals surface area contributed by atoms with E-state index in [9.17, 15) is 4.79 Å². The maximum Gasteiger partial charge on any atom is 0.338 e. The van der Waals surface area contributed by atoms with E-state index in [0.717, 1.165) is 22.4 Å². The molecule has 1 atom stereocenters. The quantitative estimate of drug-likeness (QED) is 0.810. The summed E-state index contributed by atoms with van der Waals surface area (Å²) in [5, 5.41) is 0. The summed E-state index contributed by atoms with van der Waals surface area (Å²) in [6, 6.07) is 9.86. The SMILES string of the molecule is CCOC(=O)C1=C(C)Oc2cc(C)ccc2C1c1cccnc1. The minimum Gasteiger partial charge on any atom is -0.463 e. The van der Waals surface area contributed by atoms with Crippen LogP contribution in [0.2, 0.25) is 0 Å². The van der Waals surface area contributed by atoms with E-state index in [2.05, 4.69) is 4.98 Å². The molecule has 1 aromatic carbocycles. The van der Waals surface area contributed by atoms with E-state index >= 15 is 0 Å². The third kappa shape index (κ3) is 2.84. The molecule has 0 fully saturated rings. The number of carbonyl (C=O) groups is 1. The Hall–Kier alpha value is -2.62. The molecule has 0 spiro atoms. The molecule has 2 aromatic rings. The van der Waals surface area contributed by atoms with Gasteiger partial charge in [0.2, 0.25) is 0 Å². The van der Waals surface area contributed by atoms with Crippen molar-refractivity contribution >= 4 is 5.97 Å². The van der Waals surface area contributed by atoms with Gasteiger partial charge in [-0.15, -0.1) is 0 Å². The summed E-state index contributed by atoms with van der Waals surface area (Å²) in [6.07, 6.45) is 3.51. The minimum absolute atomic E-state index is 0.230. The first-order valence-electron chi connectivity index (χ1n) is 7.68. The molecule has 0 radical (unpaired) electrons. The Morgan fingerprint density at radius 1 is 1.30 bits per heavy atom. The lowest BCUT2D eigenvalue weighted by Gasteiger charge is -2.29. The summed E-state index contributed by atoms with van der Waals surface area (Å²) in [7, 11) is 0. The van der Waals surface area contributed by atoms with Crippen LogP contribution >= 0.6 is 0 Å². The topological polar surface area (TPSA) is 48.4 Å². The number of rotatable bonds is 3. The predicted octanol–water partition coefficient (Wildman–Crippen LogP) is 3.75. The number of aromatic nitrogens is 1. The van der Waals surface area contributed by atoms with Crippen molar-refractivity contribution in [2.75, 3.05) is 6.61 Å². The second-order valence-corrected chi connectivity index (χ2v) is 5.55. The average Bonchev–Trinajstić information content (AvgIpc) is 2.54. The van der Waals surface area contributed by atoms with Gasteiger partial charge in [0.1, 0.15) is 11.5 Å². The number of benzene rings is 1. The maximum atomic E-state index is 12.5. The molecule has 2 heterocycles. The van der Waals surface area contributed by atoms with Gasteiger partial charge in [-0.25, -0.2) is 4.79 Å². The van der Waals surface area contributed by atoms with Crippen LogP contribution in [0.15, 0.2) is 54.1 Å². The number of nitrogens with zero attached hydrogens (tertiary/aromatic N) is 1. The van der Waals surface area contributed by atoms with Crippen molar-refractivity contribution in [3.05, 3.63) is 70.7 Å². The van der Waals surface area contributed by atoms with Crippen molar-refractivity contribution < 1.29 is 14.3 Å². The van der Waals surface area contributed by atoms with Gasteiger partial charge in [0.15, 0.2) is 0 Å². The minimum atomic E-state index is -0.343. The summed E-state index contributed by atoms with van der Waals surface area (Å²) < 4.78 is 11.1. The van der Waals surface area contributed by atoms with Crippen LogP contribution in [0.4, 0.5) is 0 Å². The van der Waals surface area contributed by atoms with Crippen molar-refractivity contribution in [3.8, 4) is 5.75 Å². The third-order valence-corrected chi connectivity index (χ3v) is 3.92. The van der Waals surface area contributed by atoms with Crippen LogP contribution in [0.25, 0.3) is 0 Å². The highest BCUT2D eigenvalue weighted by atomic mass is 16.5. The fourth-order valence-corrected chi connectivity index (χ4v) is 2.91. The maximum absolute atomic E-state index is 12.5. The van der Waals surface area contributed by atoms with Gasteiger partial charge in [0.25, 0.3) is 0 Å². The van der Waals surface area contributed by atoms with Gasteiger partial charge in [-0.05, 0) is 44.0 Å². The van der Waals surface area contributed by atoms with Gasteiger partial charge >= 0.3 is 5.97 Å². The Bertz CT molecular complexity index is 765. The lowest BCUT2D eigenvalue weighted by atomic mass is 9.82. The van der Waals surface area contributed by atoms with Crippen LogP contribution in [0, 0.1) is 6.92 Å². The van der Waals surface area contributed by atoms with E-state index in [-0.39, 0.29) is 11.9 Å². The Balaban J connectivity index is 2.18. The van der Waals surface area contributed by atoms with Gasteiger partial charge in [-0.3, -0.25) is 4.98 Å². The highest BCUT2D eigenvalue weighted by Gasteiger charge is 2.34. The van der Waals surface area contributed by atoms with Crippen LogP contribution in [0.3, 0.4) is 0 Å². The zero-order chi connectivity index (χ0) is 16.4. The van der Waals surface area contributed by atoms with Crippen LogP contribution in [0.5, 0.6) is 5.75 Å². The summed E-state index contributed by atoms with van der Waals surface area (Å²) >= 11 is 0. The fourth-order valence-electron chi connectivity index (χ4n) is 2.91. The molecule has 4 nitrogen and oxygen atoms in total. The van der Waals surface area contributed by atoms with E-state index in [0.29, 0.717) is 17.9 Å². The van der Waals surface area contributed by atoms with Gasteiger partial charge in [0.05, 0.1) is 12.2 Å². The first-order chi connectivity index (χ1) is 11.1. The van der Waals surface area contributed by atoms with E-state index < -0.39 is 0 Å². The van der Waals surface area contributed by atoms with E-state index in [4.69, 9.17) is 9.47 Å². The zero-order valence-corrected chi connectivity index (χ0v) is 13.5. The van der Waals surface area contributed by atoms with E-state index in [1.54, 1.807) is 26.2 Å². The smallest absolute Gasteiger partial charge is 0.338 e. The van der Waals surface area contributed by atoms with Crippen LogP contribution in [0.1, 0.15) is 36.5 Å². The summed E-state index contributed by atoms with van der Waals surface area (Å²) in [6.45, 7) is 5.95. The lowest BCUT2D eigenvalue weighted by Crippen LogP contribution is -2.23. The molecule has 0 saturated carbocycles. The molecule has 118 valence electrons. The number of ether oxygens (including phenoxy) is 2. The van der Waals surface area contributed by atoms with Gasteiger partial charge in [0, 0.05) is 23.9 Å². The first kappa shape index (κ1) is 15.3. The largest absolute Gasteiger partial charge is 0.463 e. The molecule has 0 N–H and O–H groups in total. The van der Waals surface area contributed by atoms with Gasteiger partial charge < -0.3 is 9.47 Å². The van der Waals surface area contributed by atoms with Crippen LogP contribution in [-0.4, -0.2) is 17.6 Å². The molecule has 0 bridgehead atoms. The molecular weight excluding hydrogens is 290 g/mol. The lowest BCUT2D eigenvalue weighted by molar-refractivity contribution is -0.139. The molecule has 23 heavy (non-hydrogen) atoms. The number of pyridine rings is 1. The zero-order valence-electron chi connectivity index (χ0n) is 13.5. The molecule has 0 aliphatic carbocycles. The number of hydrogen-bond donors (Lipinski definition) is 0. The van der Waals surface area contributed by atoms with E-state index in [1.165, 1.54) is 0 Å². The molecule has 1 aliphatic rings. The number of hydrogen-bond acceptors (Lipinski definition) is 4. The first-order valence-corrected chi connectivity index (χ1v) is 7.68. The highest BCUT2D eigenvalue weighted by molar-refractivity contribution is 5.92. The Morgan fingerprint density at radius 2 is 2.13 bits per heavy atom. The van der Waals surface area contributed by atoms with Gasteiger partial charge in [-0.2, -0.15) is 0 Å². The standard InChI is InChI=1S/C19H19NO3/c1-4-22-19(21)17-13(3)23-16-10-12(2)7-8-15(16)18(17)14-6-5-9-20-11-14/h5-11,18H,4H2,1-3H3. The second-order valence-electron chi connectivity index (χ2n) is 5.55. The summed E-state index contributed by atoms with van der Waals surface area (Å²) in [5.41, 5.74) is 3.55. The molecular formula is C19H19NO3.